The third kappa shape index (κ3) is 4.32. The van der Waals surface area contributed by atoms with Crippen molar-refractivity contribution in [2.45, 2.75) is 20.1 Å². The van der Waals surface area contributed by atoms with Crippen LogP contribution in [0.4, 0.5) is 4.39 Å². The lowest BCUT2D eigenvalue weighted by atomic mass is 10.2. The highest BCUT2D eigenvalue weighted by atomic mass is 19.1. The molecular formula is C13H16FNO3. The van der Waals surface area contributed by atoms with Gasteiger partial charge in [-0.3, -0.25) is 0 Å². The second-order valence-corrected chi connectivity index (χ2v) is 3.40. The number of nitriles is 1. The average Bonchev–Trinajstić information content (AvgIpc) is 2.36. The van der Waals surface area contributed by atoms with Gasteiger partial charge in [0.2, 0.25) is 0 Å². The van der Waals surface area contributed by atoms with Crippen molar-refractivity contribution < 1.29 is 18.6 Å². The fraction of sp³-hybridized carbons (Fsp3) is 0.462. The van der Waals surface area contributed by atoms with Crippen LogP contribution in [0.15, 0.2) is 18.2 Å². The quantitative estimate of drug-likeness (QED) is 0.700. The van der Waals surface area contributed by atoms with Crippen LogP contribution in [-0.4, -0.2) is 26.1 Å². The lowest BCUT2D eigenvalue weighted by Crippen LogP contribution is -2.25. The molecule has 0 unspecified atom stereocenters. The van der Waals surface area contributed by atoms with Crippen LogP contribution in [0, 0.1) is 17.1 Å². The molecule has 0 saturated carbocycles. The molecule has 0 spiro atoms. The minimum absolute atomic E-state index is 0.00600. The van der Waals surface area contributed by atoms with Crippen LogP contribution in [0.5, 0.6) is 5.75 Å². The summed E-state index contributed by atoms with van der Waals surface area (Å²) in [6, 6.07) is 5.84. The Kier molecular flexibility index (Phi) is 6.12. The Morgan fingerprint density at radius 3 is 2.44 bits per heavy atom. The highest BCUT2D eigenvalue weighted by molar-refractivity contribution is 5.36. The zero-order chi connectivity index (χ0) is 13.4. The molecule has 0 aromatic heterocycles. The number of ether oxygens (including phenoxy) is 3. The number of benzene rings is 1. The summed E-state index contributed by atoms with van der Waals surface area (Å²) in [5, 5.41) is 8.60. The standard InChI is InChI=1S/C13H16FNO3/c1-3-16-13(17-4-2)9-18-11-6-5-10(8-15)12(14)7-11/h5-7,13H,3-4,9H2,1-2H3. The van der Waals surface area contributed by atoms with E-state index in [2.05, 4.69) is 0 Å². The zero-order valence-corrected chi connectivity index (χ0v) is 10.5. The van der Waals surface area contributed by atoms with Crippen LogP contribution in [0.25, 0.3) is 0 Å². The zero-order valence-electron chi connectivity index (χ0n) is 10.5. The van der Waals surface area contributed by atoms with Gasteiger partial charge in [-0.2, -0.15) is 5.26 Å². The molecule has 0 atom stereocenters. The Morgan fingerprint density at radius 2 is 1.94 bits per heavy atom. The first-order valence-electron chi connectivity index (χ1n) is 5.76. The molecule has 4 nitrogen and oxygen atoms in total. The summed E-state index contributed by atoms with van der Waals surface area (Å²) in [4.78, 5) is 0. The largest absolute Gasteiger partial charge is 0.488 e. The van der Waals surface area contributed by atoms with Gasteiger partial charge < -0.3 is 14.2 Å². The van der Waals surface area contributed by atoms with Crippen LogP contribution in [0.3, 0.4) is 0 Å². The fourth-order valence-corrected chi connectivity index (χ4v) is 1.36. The summed E-state index contributed by atoms with van der Waals surface area (Å²) in [5.74, 6) is -0.254. The van der Waals surface area contributed by atoms with Gasteiger partial charge in [0.1, 0.15) is 24.2 Å². The van der Waals surface area contributed by atoms with Crippen LogP contribution in [0.2, 0.25) is 0 Å². The Bertz CT molecular complexity index is 411. The first-order chi connectivity index (χ1) is 8.71. The lowest BCUT2D eigenvalue weighted by molar-refractivity contribution is -0.152. The van der Waals surface area contributed by atoms with E-state index in [1.54, 1.807) is 6.07 Å². The predicted molar refractivity (Wildman–Crippen MR) is 63.7 cm³/mol. The van der Waals surface area contributed by atoms with Gasteiger partial charge in [-0.1, -0.05) is 0 Å². The first kappa shape index (κ1) is 14.4. The molecule has 1 aromatic carbocycles. The first-order valence-corrected chi connectivity index (χ1v) is 5.76. The Balaban J connectivity index is 2.56. The second-order valence-electron chi connectivity index (χ2n) is 3.40. The minimum Gasteiger partial charge on any atom is -0.488 e. The van der Waals surface area contributed by atoms with Crippen LogP contribution >= 0.6 is 0 Å². The van der Waals surface area contributed by atoms with Gasteiger partial charge in [-0.25, -0.2) is 4.39 Å². The summed E-state index contributed by atoms with van der Waals surface area (Å²) in [5.41, 5.74) is -0.00600. The van der Waals surface area contributed by atoms with Gasteiger partial charge in [-0.05, 0) is 26.0 Å². The monoisotopic (exact) mass is 253 g/mol. The summed E-state index contributed by atoms with van der Waals surface area (Å²) in [6.45, 7) is 4.90. The van der Waals surface area contributed by atoms with Gasteiger partial charge >= 0.3 is 0 Å². The van der Waals surface area contributed by atoms with Gasteiger partial charge in [0.25, 0.3) is 0 Å². The number of nitrogens with zero attached hydrogens (tertiary/aromatic N) is 1. The van der Waals surface area contributed by atoms with E-state index in [0.717, 1.165) is 0 Å². The van der Waals surface area contributed by atoms with E-state index in [1.165, 1.54) is 18.2 Å². The van der Waals surface area contributed by atoms with Crippen molar-refractivity contribution in [3.05, 3.63) is 29.6 Å². The van der Waals surface area contributed by atoms with Crippen LogP contribution in [-0.2, 0) is 9.47 Å². The third-order valence-electron chi connectivity index (χ3n) is 2.15. The molecule has 0 aliphatic carbocycles. The molecule has 0 heterocycles. The van der Waals surface area contributed by atoms with Crippen molar-refractivity contribution in [3.8, 4) is 11.8 Å². The van der Waals surface area contributed by atoms with Crippen molar-refractivity contribution in [2.75, 3.05) is 19.8 Å². The van der Waals surface area contributed by atoms with Crippen LogP contribution in [0.1, 0.15) is 19.4 Å². The Morgan fingerprint density at radius 1 is 1.28 bits per heavy atom. The summed E-state index contributed by atoms with van der Waals surface area (Å²) in [6.07, 6.45) is -0.473. The summed E-state index contributed by atoms with van der Waals surface area (Å²) >= 11 is 0. The van der Waals surface area contributed by atoms with E-state index >= 15 is 0 Å². The van der Waals surface area contributed by atoms with Gasteiger partial charge in [0, 0.05) is 19.3 Å². The maximum atomic E-state index is 13.3. The molecule has 0 fully saturated rings. The normalized spacial score (nSPS) is 10.4. The molecule has 0 bridgehead atoms. The minimum atomic E-state index is -0.598. The van der Waals surface area contributed by atoms with Crippen molar-refractivity contribution in [1.82, 2.24) is 0 Å². The van der Waals surface area contributed by atoms with Crippen molar-refractivity contribution >= 4 is 0 Å². The summed E-state index contributed by atoms with van der Waals surface area (Å²) < 4.78 is 29.2. The van der Waals surface area contributed by atoms with Gasteiger partial charge in [0.05, 0.1) is 5.56 Å². The number of hydrogen-bond donors (Lipinski definition) is 0. The van der Waals surface area contributed by atoms with Crippen molar-refractivity contribution in [3.63, 3.8) is 0 Å². The SMILES string of the molecule is CCOC(COc1ccc(C#N)c(F)c1)OCC. The molecule has 0 saturated heterocycles. The van der Waals surface area contributed by atoms with Crippen molar-refractivity contribution in [2.24, 2.45) is 0 Å². The molecule has 0 N–H and O–H groups in total. The number of hydrogen-bond acceptors (Lipinski definition) is 4. The molecule has 18 heavy (non-hydrogen) atoms. The molecule has 0 radical (unpaired) electrons. The number of rotatable bonds is 7. The second kappa shape index (κ2) is 7.64. The van der Waals surface area contributed by atoms with Gasteiger partial charge in [-0.15, -0.1) is 0 Å². The maximum Gasteiger partial charge on any atom is 0.191 e. The summed E-state index contributed by atoms with van der Waals surface area (Å²) in [7, 11) is 0. The average molecular weight is 253 g/mol. The van der Waals surface area contributed by atoms with E-state index in [9.17, 15) is 4.39 Å². The van der Waals surface area contributed by atoms with Crippen LogP contribution < -0.4 is 4.74 Å². The van der Waals surface area contributed by atoms with Crippen molar-refractivity contribution in [1.29, 1.82) is 5.26 Å². The maximum absolute atomic E-state index is 13.3. The lowest BCUT2D eigenvalue weighted by Gasteiger charge is -2.17. The highest BCUT2D eigenvalue weighted by Crippen LogP contribution is 2.16. The predicted octanol–water partition coefficient (Wildman–Crippen LogP) is 2.48. The Labute approximate surface area is 106 Å². The van der Waals surface area contributed by atoms with Gasteiger partial charge in [0.15, 0.2) is 6.29 Å². The third-order valence-corrected chi connectivity index (χ3v) is 2.15. The molecular weight excluding hydrogens is 237 g/mol. The molecule has 5 heteroatoms. The molecule has 1 aromatic rings. The highest BCUT2D eigenvalue weighted by Gasteiger charge is 2.10. The molecule has 0 aliphatic heterocycles. The molecule has 98 valence electrons. The fourth-order valence-electron chi connectivity index (χ4n) is 1.36. The Hall–Kier alpha value is -1.64. The smallest absolute Gasteiger partial charge is 0.191 e. The van der Waals surface area contributed by atoms with E-state index in [1.807, 2.05) is 13.8 Å². The van der Waals surface area contributed by atoms with E-state index in [0.29, 0.717) is 19.0 Å². The molecule has 0 amide bonds. The number of halogens is 1. The molecule has 1 rings (SSSR count). The van der Waals surface area contributed by atoms with E-state index in [4.69, 9.17) is 19.5 Å². The topological polar surface area (TPSA) is 51.5 Å². The molecule has 0 aliphatic rings. The van der Waals surface area contributed by atoms with E-state index < -0.39 is 12.1 Å². The van der Waals surface area contributed by atoms with E-state index in [-0.39, 0.29) is 12.2 Å².